The highest BCUT2D eigenvalue weighted by Crippen LogP contribution is 2.22. The number of hydrogen-bond acceptors (Lipinski definition) is 5. The number of nitrogens with one attached hydrogen (secondary N) is 2. The van der Waals surface area contributed by atoms with E-state index in [-0.39, 0.29) is 16.5 Å². The monoisotopic (exact) mass is 340 g/mol. The molecule has 4 aromatic rings. The molecule has 24 heavy (non-hydrogen) atoms. The second-order valence-electron chi connectivity index (χ2n) is 5.01. The first-order valence-corrected chi connectivity index (χ1v) is 7.44. The van der Waals surface area contributed by atoms with Crippen LogP contribution in [0, 0.1) is 5.82 Å². The average Bonchev–Trinajstić information content (AvgIpc) is 2.95. The summed E-state index contributed by atoms with van der Waals surface area (Å²) in [5.74, 6) is -0.268. The van der Waals surface area contributed by atoms with E-state index in [1.807, 2.05) is 24.3 Å². The maximum Gasteiger partial charge on any atom is 0.265 e. The Morgan fingerprint density at radius 3 is 2.88 bits per heavy atom. The lowest BCUT2D eigenvalue weighted by Crippen LogP contribution is -2.00. The number of aromatic nitrogens is 4. The zero-order valence-corrected chi connectivity index (χ0v) is 12.9. The first-order valence-electron chi connectivity index (χ1n) is 7.06. The van der Waals surface area contributed by atoms with Gasteiger partial charge in [-0.05, 0) is 18.2 Å². The van der Waals surface area contributed by atoms with E-state index in [1.54, 1.807) is 6.07 Å². The molecule has 0 saturated heterocycles. The molecule has 6 nitrogen and oxygen atoms in total. The van der Waals surface area contributed by atoms with E-state index < -0.39 is 5.82 Å². The molecule has 0 amide bonds. The van der Waals surface area contributed by atoms with Crippen LogP contribution in [0.1, 0.15) is 5.56 Å². The van der Waals surface area contributed by atoms with Crippen LogP contribution in [0.5, 0.6) is 0 Å². The number of fused-ring (bicyclic) bond motifs is 3. The summed E-state index contributed by atoms with van der Waals surface area (Å²) in [6, 6.07) is 12.1. The van der Waals surface area contributed by atoms with Crippen LogP contribution in [-0.4, -0.2) is 26.4 Å². The van der Waals surface area contributed by atoms with Crippen LogP contribution < -0.4 is 5.43 Å². The Morgan fingerprint density at radius 2 is 2.00 bits per heavy atom. The first kappa shape index (κ1) is 14.5. The minimum Gasteiger partial charge on any atom is -0.338 e. The van der Waals surface area contributed by atoms with Gasteiger partial charge in [-0.25, -0.2) is 9.82 Å². The van der Waals surface area contributed by atoms with E-state index in [4.69, 9.17) is 11.6 Å². The SMILES string of the molecule is Fc1cccc(Cl)c1/C=N/Nc1nnc2c(n1)[nH]c1ccccc12. The van der Waals surface area contributed by atoms with Crippen LogP contribution in [0.25, 0.3) is 22.1 Å². The molecule has 0 aliphatic rings. The lowest BCUT2D eigenvalue weighted by Gasteiger charge is -2.00. The van der Waals surface area contributed by atoms with Crippen molar-refractivity contribution in [1.29, 1.82) is 0 Å². The molecule has 0 radical (unpaired) electrons. The summed E-state index contributed by atoms with van der Waals surface area (Å²) < 4.78 is 13.7. The maximum atomic E-state index is 13.7. The third kappa shape index (κ3) is 2.55. The minimum absolute atomic E-state index is 0.186. The van der Waals surface area contributed by atoms with Gasteiger partial charge in [-0.2, -0.15) is 10.1 Å². The number of hydrazone groups is 1. The van der Waals surface area contributed by atoms with E-state index in [0.29, 0.717) is 11.2 Å². The topological polar surface area (TPSA) is 78.8 Å². The molecule has 2 aromatic carbocycles. The van der Waals surface area contributed by atoms with Crippen molar-refractivity contribution in [3.63, 3.8) is 0 Å². The third-order valence-electron chi connectivity index (χ3n) is 3.48. The highest BCUT2D eigenvalue weighted by molar-refractivity contribution is 6.33. The number of anilines is 1. The van der Waals surface area contributed by atoms with Gasteiger partial charge in [0.1, 0.15) is 11.3 Å². The standard InChI is InChI=1S/C16H10ClFN6/c17-11-5-3-6-12(18)10(11)8-19-23-16-21-15-14(22-24-16)9-4-1-2-7-13(9)20-15/h1-8H,(H2,20,21,23,24)/b19-8+. The van der Waals surface area contributed by atoms with Crippen LogP contribution in [0.4, 0.5) is 10.3 Å². The van der Waals surface area contributed by atoms with Crippen molar-refractivity contribution in [3.8, 4) is 0 Å². The summed E-state index contributed by atoms with van der Waals surface area (Å²) in [7, 11) is 0. The minimum atomic E-state index is -0.460. The number of H-pyrrole nitrogens is 1. The fourth-order valence-corrected chi connectivity index (χ4v) is 2.57. The molecular weight excluding hydrogens is 331 g/mol. The van der Waals surface area contributed by atoms with Crippen molar-refractivity contribution in [1.82, 2.24) is 20.2 Å². The smallest absolute Gasteiger partial charge is 0.265 e. The molecule has 0 bridgehead atoms. The Balaban J connectivity index is 1.63. The molecular formula is C16H10ClFN6. The van der Waals surface area contributed by atoms with Crippen LogP contribution in [0.3, 0.4) is 0 Å². The van der Waals surface area contributed by atoms with Crippen LogP contribution in [0.2, 0.25) is 5.02 Å². The second kappa shape index (κ2) is 5.86. The molecule has 2 N–H and O–H groups in total. The molecule has 0 unspecified atom stereocenters. The summed E-state index contributed by atoms with van der Waals surface area (Å²) in [4.78, 5) is 7.47. The molecule has 8 heteroatoms. The fraction of sp³-hybridized carbons (Fsp3) is 0. The van der Waals surface area contributed by atoms with Gasteiger partial charge in [-0.3, -0.25) is 0 Å². The average molecular weight is 341 g/mol. The zero-order chi connectivity index (χ0) is 16.5. The van der Waals surface area contributed by atoms with Crippen LogP contribution >= 0.6 is 11.6 Å². The number of aromatic amines is 1. The lowest BCUT2D eigenvalue weighted by molar-refractivity contribution is 0.626. The Morgan fingerprint density at radius 1 is 1.12 bits per heavy atom. The van der Waals surface area contributed by atoms with E-state index in [0.717, 1.165) is 10.9 Å². The molecule has 2 heterocycles. The number of para-hydroxylation sites is 1. The quantitative estimate of drug-likeness (QED) is 0.440. The van der Waals surface area contributed by atoms with E-state index in [1.165, 1.54) is 18.3 Å². The summed E-state index contributed by atoms with van der Waals surface area (Å²) in [6.07, 6.45) is 1.27. The summed E-state index contributed by atoms with van der Waals surface area (Å²) in [5.41, 5.74) is 5.00. The highest BCUT2D eigenvalue weighted by atomic mass is 35.5. The third-order valence-corrected chi connectivity index (χ3v) is 3.81. The normalized spacial score (nSPS) is 11.6. The van der Waals surface area contributed by atoms with Gasteiger partial charge in [0.15, 0.2) is 5.65 Å². The molecule has 118 valence electrons. The van der Waals surface area contributed by atoms with Crippen molar-refractivity contribution >= 4 is 45.8 Å². The molecule has 0 fully saturated rings. The number of halogens is 2. The van der Waals surface area contributed by atoms with Gasteiger partial charge in [-0.15, -0.1) is 10.2 Å². The maximum absolute atomic E-state index is 13.7. The van der Waals surface area contributed by atoms with Gasteiger partial charge in [0, 0.05) is 16.5 Å². The van der Waals surface area contributed by atoms with Crippen LogP contribution in [-0.2, 0) is 0 Å². The van der Waals surface area contributed by atoms with Gasteiger partial charge in [0.05, 0.1) is 11.2 Å². The van der Waals surface area contributed by atoms with Gasteiger partial charge in [-0.1, -0.05) is 35.9 Å². The molecule has 0 spiro atoms. The summed E-state index contributed by atoms with van der Waals surface area (Å²) in [6.45, 7) is 0. The van der Waals surface area contributed by atoms with Crippen molar-refractivity contribution < 1.29 is 4.39 Å². The predicted molar refractivity (Wildman–Crippen MR) is 91.8 cm³/mol. The van der Waals surface area contributed by atoms with Gasteiger partial charge >= 0.3 is 0 Å². The number of rotatable bonds is 3. The molecule has 4 rings (SSSR count). The zero-order valence-electron chi connectivity index (χ0n) is 12.2. The van der Waals surface area contributed by atoms with Crippen molar-refractivity contribution in [2.75, 3.05) is 5.43 Å². The first-order chi connectivity index (χ1) is 11.7. The van der Waals surface area contributed by atoms with Gasteiger partial charge in [0.2, 0.25) is 0 Å². The molecule has 0 saturated carbocycles. The summed E-state index contributed by atoms with van der Waals surface area (Å²) in [5, 5.41) is 13.3. The lowest BCUT2D eigenvalue weighted by atomic mass is 10.2. The number of hydrogen-bond donors (Lipinski definition) is 2. The van der Waals surface area contributed by atoms with Crippen molar-refractivity contribution in [2.45, 2.75) is 0 Å². The fourth-order valence-electron chi connectivity index (χ4n) is 2.36. The van der Waals surface area contributed by atoms with Crippen LogP contribution in [0.15, 0.2) is 47.6 Å². The predicted octanol–water partition coefficient (Wildman–Crippen LogP) is 3.74. The molecule has 0 aliphatic carbocycles. The van der Waals surface area contributed by atoms with Gasteiger partial charge in [0.25, 0.3) is 5.95 Å². The Bertz CT molecular complexity index is 1050. The van der Waals surface area contributed by atoms with E-state index in [2.05, 4.69) is 30.7 Å². The number of benzene rings is 2. The van der Waals surface area contributed by atoms with Crippen molar-refractivity contribution in [2.24, 2.45) is 5.10 Å². The van der Waals surface area contributed by atoms with Crippen molar-refractivity contribution in [3.05, 3.63) is 58.9 Å². The Labute approximate surface area is 140 Å². The molecule has 2 aromatic heterocycles. The molecule has 0 atom stereocenters. The van der Waals surface area contributed by atoms with E-state index >= 15 is 0 Å². The largest absolute Gasteiger partial charge is 0.338 e. The summed E-state index contributed by atoms with van der Waals surface area (Å²) >= 11 is 5.93. The Kier molecular flexibility index (Phi) is 3.55. The number of nitrogens with zero attached hydrogens (tertiary/aromatic N) is 4. The highest BCUT2D eigenvalue weighted by Gasteiger charge is 2.08. The second-order valence-corrected chi connectivity index (χ2v) is 5.42. The van der Waals surface area contributed by atoms with Gasteiger partial charge < -0.3 is 4.98 Å². The Hall–Kier alpha value is -3.06. The molecule has 0 aliphatic heterocycles. The van der Waals surface area contributed by atoms with E-state index in [9.17, 15) is 4.39 Å².